The summed E-state index contributed by atoms with van der Waals surface area (Å²) in [5, 5.41) is 2.64. The standard InChI is InChI=1S/C50H35NS/c1-34-15-12-21-38(31-34)51(39-22-13-16-35(32-39)41-25-14-26-45-44-24-9-11-28-48(44)52-49(41)45)40-29-30-43-42-23-8-10-27-46(42)50(47(43)33-40,36-17-4-2-5-18-36)37-19-6-3-7-20-37/h2-33H,1H3. The van der Waals surface area contributed by atoms with Crippen molar-refractivity contribution in [2.45, 2.75) is 12.3 Å². The lowest BCUT2D eigenvalue weighted by Gasteiger charge is -2.35. The van der Waals surface area contributed by atoms with Crippen molar-refractivity contribution >= 4 is 48.6 Å². The second kappa shape index (κ2) is 12.2. The van der Waals surface area contributed by atoms with Crippen molar-refractivity contribution < 1.29 is 0 Å². The van der Waals surface area contributed by atoms with Crippen LogP contribution in [0, 0.1) is 6.92 Å². The van der Waals surface area contributed by atoms with Gasteiger partial charge >= 0.3 is 0 Å². The molecule has 1 aliphatic carbocycles. The zero-order valence-electron chi connectivity index (χ0n) is 28.8. The first-order chi connectivity index (χ1) is 25.7. The van der Waals surface area contributed by atoms with Crippen molar-refractivity contribution in [1.82, 2.24) is 0 Å². The van der Waals surface area contributed by atoms with Crippen LogP contribution in [-0.4, -0.2) is 0 Å². The zero-order chi connectivity index (χ0) is 34.6. The van der Waals surface area contributed by atoms with E-state index in [9.17, 15) is 0 Å². The number of hydrogen-bond donors (Lipinski definition) is 0. The smallest absolute Gasteiger partial charge is 0.0714 e. The zero-order valence-corrected chi connectivity index (χ0v) is 29.6. The molecule has 0 atom stereocenters. The van der Waals surface area contributed by atoms with Crippen LogP contribution < -0.4 is 4.90 Å². The van der Waals surface area contributed by atoms with E-state index in [0.717, 1.165) is 17.1 Å². The Bertz CT molecular complexity index is 2720. The van der Waals surface area contributed by atoms with Crippen molar-refractivity contribution in [3.63, 3.8) is 0 Å². The number of nitrogens with zero attached hydrogens (tertiary/aromatic N) is 1. The van der Waals surface area contributed by atoms with Gasteiger partial charge in [-0.25, -0.2) is 0 Å². The summed E-state index contributed by atoms with van der Waals surface area (Å²) >= 11 is 1.88. The van der Waals surface area contributed by atoms with Gasteiger partial charge in [0.1, 0.15) is 0 Å². The summed E-state index contributed by atoms with van der Waals surface area (Å²) in [6.07, 6.45) is 0. The third-order valence-electron chi connectivity index (χ3n) is 10.8. The lowest BCUT2D eigenvalue weighted by Crippen LogP contribution is -2.28. The van der Waals surface area contributed by atoms with Crippen molar-refractivity contribution in [2.75, 3.05) is 4.90 Å². The summed E-state index contributed by atoms with van der Waals surface area (Å²) in [6, 6.07) is 71.6. The van der Waals surface area contributed by atoms with Gasteiger partial charge in [0.15, 0.2) is 0 Å². The van der Waals surface area contributed by atoms with Crippen LogP contribution in [-0.2, 0) is 5.41 Å². The molecule has 1 heterocycles. The average Bonchev–Trinajstić information content (AvgIpc) is 3.73. The number of rotatable bonds is 6. The molecule has 0 amide bonds. The third kappa shape index (κ3) is 4.68. The monoisotopic (exact) mass is 681 g/mol. The van der Waals surface area contributed by atoms with Crippen LogP contribution in [0.1, 0.15) is 27.8 Å². The van der Waals surface area contributed by atoms with E-state index in [1.54, 1.807) is 0 Å². The fourth-order valence-electron chi connectivity index (χ4n) is 8.57. The number of hydrogen-bond acceptors (Lipinski definition) is 2. The van der Waals surface area contributed by atoms with Crippen LogP contribution in [0.2, 0.25) is 0 Å². The molecule has 0 bridgehead atoms. The molecule has 9 aromatic rings. The molecular formula is C50H35NS. The highest BCUT2D eigenvalue weighted by atomic mass is 32.1. The van der Waals surface area contributed by atoms with Gasteiger partial charge in [0.05, 0.1) is 5.41 Å². The summed E-state index contributed by atoms with van der Waals surface area (Å²) in [5.74, 6) is 0. The van der Waals surface area contributed by atoms with E-state index in [4.69, 9.17) is 0 Å². The molecule has 246 valence electrons. The minimum Gasteiger partial charge on any atom is -0.310 e. The Kier molecular flexibility index (Phi) is 7.19. The lowest BCUT2D eigenvalue weighted by atomic mass is 9.67. The molecule has 1 aromatic heterocycles. The SMILES string of the molecule is Cc1cccc(N(c2cccc(-c3cccc4c3sc3ccccc34)c2)c2ccc3c(c2)C(c2ccccc2)(c2ccccc2)c2ccccc2-3)c1. The van der Waals surface area contributed by atoms with E-state index in [2.05, 4.69) is 206 Å². The second-order valence-electron chi connectivity index (χ2n) is 13.8. The van der Waals surface area contributed by atoms with Crippen molar-refractivity contribution in [3.8, 4) is 22.3 Å². The van der Waals surface area contributed by atoms with Crippen LogP contribution in [0.15, 0.2) is 194 Å². The van der Waals surface area contributed by atoms with Gasteiger partial charge in [-0.1, -0.05) is 152 Å². The van der Waals surface area contributed by atoms with Gasteiger partial charge in [-0.15, -0.1) is 11.3 Å². The van der Waals surface area contributed by atoms with E-state index >= 15 is 0 Å². The second-order valence-corrected chi connectivity index (χ2v) is 14.8. The Balaban J connectivity index is 1.21. The summed E-state index contributed by atoms with van der Waals surface area (Å²) in [4.78, 5) is 2.44. The molecule has 2 heteroatoms. The van der Waals surface area contributed by atoms with Gasteiger partial charge in [0.2, 0.25) is 0 Å². The molecule has 0 N–H and O–H groups in total. The summed E-state index contributed by atoms with van der Waals surface area (Å²) in [6.45, 7) is 2.18. The van der Waals surface area contributed by atoms with E-state index in [1.165, 1.54) is 70.2 Å². The Morgan fingerprint density at radius 1 is 0.423 bits per heavy atom. The van der Waals surface area contributed by atoms with Crippen molar-refractivity contribution in [2.24, 2.45) is 0 Å². The molecule has 10 rings (SSSR count). The molecule has 0 unspecified atom stereocenters. The van der Waals surface area contributed by atoms with Gasteiger partial charge in [-0.3, -0.25) is 0 Å². The highest BCUT2D eigenvalue weighted by Crippen LogP contribution is 2.57. The van der Waals surface area contributed by atoms with Gasteiger partial charge < -0.3 is 4.90 Å². The highest BCUT2D eigenvalue weighted by molar-refractivity contribution is 7.26. The Morgan fingerprint density at radius 2 is 1.02 bits per heavy atom. The van der Waals surface area contributed by atoms with E-state index in [-0.39, 0.29) is 0 Å². The summed E-state index contributed by atoms with van der Waals surface area (Å²) in [7, 11) is 0. The normalized spacial score (nSPS) is 12.9. The number of benzene rings is 8. The summed E-state index contributed by atoms with van der Waals surface area (Å²) < 4.78 is 2.65. The predicted octanol–water partition coefficient (Wildman–Crippen LogP) is 13.9. The Labute approximate surface area is 308 Å². The van der Waals surface area contributed by atoms with Crippen molar-refractivity contribution in [1.29, 1.82) is 0 Å². The van der Waals surface area contributed by atoms with Crippen LogP contribution in [0.5, 0.6) is 0 Å². The molecule has 0 saturated carbocycles. The predicted molar refractivity (Wildman–Crippen MR) is 221 cm³/mol. The Morgan fingerprint density at radius 3 is 1.81 bits per heavy atom. The fraction of sp³-hybridized carbons (Fsp3) is 0.0400. The molecule has 1 aliphatic rings. The van der Waals surface area contributed by atoms with Crippen LogP contribution in [0.25, 0.3) is 42.4 Å². The topological polar surface area (TPSA) is 3.24 Å². The number of aryl methyl sites for hydroxylation is 1. The molecule has 0 fully saturated rings. The van der Waals surface area contributed by atoms with Crippen LogP contribution >= 0.6 is 11.3 Å². The molecule has 8 aromatic carbocycles. The largest absolute Gasteiger partial charge is 0.310 e. The van der Waals surface area contributed by atoms with E-state index in [0.29, 0.717) is 0 Å². The lowest BCUT2D eigenvalue weighted by molar-refractivity contribution is 0.768. The average molecular weight is 682 g/mol. The van der Waals surface area contributed by atoms with Gasteiger partial charge in [0.25, 0.3) is 0 Å². The van der Waals surface area contributed by atoms with E-state index in [1.807, 2.05) is 11.3 Å². The maximum atomic E-state index is 2.46. The van der Waals surface area contributed by atoms with Gasteiger partial charge in [0, 0.05) is 37.2 Å². The van der Waals surface area contributed by atoms with Crippen LogP contribution in [0.4, 0.5) is 17.1 Å². The molecule has 0 saturated heterocycles. The fourth-order valence-corrected chi connectivity index (χ4v) is 9.81. The third-order valence-corrected chi connectivity index (χ3v) is 12.0. The highest BCUT2D eigenvalue weighted by Gasteiger charge is 2.46. The number of anilines is 3. The first-order valence-electron chi connectivity index (χ1n) is 17.9. The Hall–Kier alpha value is -6.22. The molecule has 0 spiro atoms. The minimum atomic E-state index is -0.471. The number of thiophene rings is 1. The van der Waals surface area contributed by atoms with E-state index < -0.39 is 5.41 Å². The summed E-state index contributed by atoms with van der Waals surface area (Å²) in [5.41, 5.74) is 14.4. The van der Waals surface area contributed by atoms with Gasteiger partial charge in [-0.2, -0.15) is 0 Å². The molecular weight excluding hydrogens is 647 g/mol. The van der Waals surface area contributed by atoms with Crippen molar-refractivity contribution in [3.05, 3.63) is 222 Å². The van der Waals surface area contributed by atoms with Gasteiger partial charge in [-0.05, 0) is 99.5 Å². The minimum absolute atomic E-state index is 0.471. The maximum absolute atomic E-state index is 2.46. The first kappa shape index (κ1) is 30.6. The quantitative estimate of drug-likeness (QED) is 0.169. The molecule has 0 radical (unpaired) electrons. The molecule has 0 aliphatic heterocycles. The maximum Gasteiger partial charge on any atom is 0.0714 e. The molecule has 1 nitrogen and oxygen atoms in total. The number of fused-ring (bicyclic) bond motifs is 6. The van der Waals surface area contributed by atoms with Crippen LogP contribution in [0.3, 0.4) is 0 Å². The first-order valence-corrected chi connectivity index (χ1v) is 18.7. The molecule has 52 heavy (non-hydrogen) atoms.